The molecule has 3 aromatic carbocycles. The first-order chi connectivity index (χ1) is 12.7. The van der Waals surface area contributed by atoms with Gasteiger partial charge in [-0.1, -0.05) is 30.3 Å². The Kier molecular flexibility index (Phi) is 2.94. The summed E-state index contributed by atoms with van der Waals surface area (Å²) in [6.45, 7) is 0. The largest absolute Gasteiger partial charge is 0.497 e. The average molecular weight is 342 g/mol. The summed E-state index contributed by atoms with van der Waals surface area (Å²) in [7, 11) is 1.61. The van der Waals surface area contributed by atoms with Crippen LogP contribution in [-0.4, -0.2) is 23.9 Å². The topological polar surface area (TPSA) is 71.2 Å². The van der Waals surface area contributed by atoms with Gasteiger partial charge in [-0.2, -0.15) is 0 Å². The lowest BCUT2D eigenvalue weighted by molar-refractivity contribution is 0.0880. The summed E-state index contributed by atoms with van der Waals surface area (Å²) in [5, 5.41) is 4.10. The van der Waals surface area contributed by atoms with Crippen LogP contribution in [-0.2, 0) is 0 Å². The summed E-state index contributed by atoms with van der Waals surface area (Å²) in [4.78, 5) is 28.4. The van der Waals surface area contributed by atoms with Gasteiger partial charge in [-0.25, -0.2) is 0 Å². The molecule has 5 nitrogen and oxygen atoms in total. The van der Waals surface area contributed by atoms with Crippen molar-refractivity contribution < 1.29 is 14.3 Å². The smallest absolute Gasteiger partial charge is 0.259 e. The molecule has 0 aliphatic carbocycles. The van der Waals surface area contributed by atoms with Crippen molar-refractivity contribution in [2.24, 2.45) is 0 Å². The maximum atomic E-state index is 12.6. The number of imide groups is 1. The first-order valence-corrected chi connectivity index (χ1v) is 8.25. The normalized spacial score (nSPS) is 13.3. The van der Waals surface area contributed by atoms with Gasteiger partial charge in [0.15, 0.2) is 0 Å². The number of hydrogen-bond acceptors (Lipinski definition) is 3. The molecule has 0 atom stereocenters. The van der Waals surface area contributed by atoms with Crippen molar-refractivity contribution in [3.8, 4) is 16.9 Å². The van der Waals surface area contributed by atoms with Crippen molar-refractivity contribution in [1.82, 2.24) is 10.3 Å². The first kappa shape index (κ1) is 14.7. The number of amides is 2. The lowest BCUT2D eigenvalue weighted by Crippen LogP contribution is -2.20. The highest BCUT2D eigenvalue weighted by Gasteiger charge is 2.33. The Morgan fingerprint density at radius 2 is 1.62 bits per heavy atom. The quantitative estimate of drug-likeness (QED) is 0.543. The highest BCUT2D eigenvalue weighted by Crippen LogP contribution is 2.39. The first-order valence-electron chi connectivity index (χ1n) is 8.25. The van der Waals surface area contributed by atoms with Gasteiger partial charge in [0.2, 0.25) is 0 Å². The van der Waals surface area contributed by atoms with Crippen LogP contribution in [0.15, 0.2) is 54.6 Å². The SMILES string of the molecule is COc1ccc2c(c1)[nH]c1cc(-c3ccccc3)c3c(c12)C(=O)NC3=O. The fourth-order valence-electron chi connectivity index (χ4n) is 3.71. The minimum absolute atomic E-state index is 0.353. The monoisotopic (exact) mass is 342 g/mol. The van der Waals surface area contributed by atoms with E-state index in [9.17, 15) is 9.59 Å². The van der Waals surface area contributed by atoms with Gasteiger partial charge in [0.25, 0.3) is 11.8 Å². The van der Waals surface area contributed by atoms with Gasteiger partial charge in [-0.15, -0.1) is 0 Å². The molecular formula is C21H14N2O3. The minimum atomic E-state index is -0.357. The summed E-state index contributed by atoms with van der Waals surface area (Å²) in [6.07, 6.45) is 0. The third-order valence-corrected chi connectivity index (χ3v) is 4.86. The Labute approximate surface area is 148 Å². The molecule has 26 heavy (non-hydrogen) atoms. The number of carbonyl (C=O) groups is 2. The number of carbonyl (C=O) groups excluding carboxylic acids is 2. The molecule has 1 aromatic heterocycles. The van der Waals surface area contributed by atoms with Crippen LogP contribution in [0.4, 0.5) is 0 Å². The van der Waals surface area contributed by atoms with Crippen molar-refractivity contribution in [3.63, 3.8) is 0 Å². The van der Waals surface area contributed by atoms with Crippen molar-refractivity contribution >= 4 is 33.6 Å². The van der Waals surface area contributed by atoms with E-state index in [-0.39, 0.29) is 11.8 Å². The van der Waals surface area contributed by atoms with Crippen LogP contribution in [0.25, 0.3) is 32.9 Å². The summed E-state index contributed by atoms with van der Waals surface area (Å²) in [6, 6.07) is 17.2. The molecule has 0 saturated carbocycles. The predicted molar refractivity (Wildman–Crippen MR) is 99.6 cm³/mol. The Bertz CT molecular complexity index is 1220. The predicted octanol–water partition coefficient (Wildman–Crippen LogP) is 3.88. The van der Waals surface area contributed by atoms with E-state index in [1.54, 1.807) is 7.11 Å². The number of nitrogens with one attached hydrogen (secondary N) is 2. The highest BCUT2D eigenvalue weighted by molar-refractivity contribution is 6.32. The molecule has 2 heterocycles. The second kappa shape index (κ2) is 5.20. The van der Waals surface area contributed by atoms with Crippen molar-refractivity contribution in [2.45, 2.75) is 0 Å². The van der Waals surface area contributed by atoms with Crippen LogP contribution >= 0.6 is 0 Å². The van der Waals surface area contributed by atoms with Crippen LogP contribution < -0.4 is 10.1 Å². The molecule has 0 unspecified atom stereocenters. The Morgan fingerprint density at radius 1 is 0.846 bits per heavy atom. The van der Waals surface area contributed by atoms with E-state index in [1.165, 1.54) is 0 Å². The number of aromatic nitrogens is 1. The molecule has 0 spiro atoms. The van der Waals surface area contributed by atoms with Gasteiger partial charge in [-0.3, -0.25) is 14.9 Å². The number of benzene rings is 3. The second-order valence-corrected chi connectivity index (χ2v) is 6.28. The van der Waals surface area contributed by atoms with E-state index >= 15 is 0 Å². The van der Waals surface area contributed by atoms with E-state index in [2.05, 4.69) is 10.3 Å². The number of aromatic amines is 1. The number of H-pyrrole nitrogens is 1. The van der Waals surface area contributed by atoms with E-state index < -0.39 is 0 Å². The second-order valence-electron chi connectivity index (χ2n) is 6.28. The summed E-state index contributed by atoms with van der Waals surface area (Å²) < 4.78 is 5.29. The Hall–Kier alpha value is -3.60. The van der Waals surface area contributed by atoms with Gasteiger partial charge in [0, 0.05) is 22.4 Å². The Balaban J connectivity index is 1.94. The number of fused-ring (bicyclic) bond motifs is 5. The van der Waals surface area contributed by atoms with Gasteiger partial charge < -0.3 is 9.72 Å². The molecular weight excluding hydrogens is 328 g/mol. The molecule has 1 aliphatic rings. The lowest BCUT2D eigenvalue weighted by atomic mass is 9.93. The van der Waals surface area contributed by atoms with E-state index in [0.29, 0.717) is 11.1 Å². The van der Waals surface area contributed by atoms with Crippen LogP contribution in [0, 0.1) is 0 Å². The van der Waals surface area contributed by atoms with E-state index in [1.807, 2.05) is 54.6 Å². The summed E-state index contributed by atoms with van der Waals surface area (Å²) in [5.41, 5.74) is 4.18. The van der Waals surface area contributed by atoms with Crippen molar-refractivity contribution in [3.05, 3.63) is 65.7 Å². The van der Waals surface area contributed by atoms with Gasteiger partial charge in [0.05, 0.1) is 23.8 Å². The fourth-order valence-corrected chi connectivity index (χ4v) is 3.71. The van der Waals surface area contributed by atoms with Gasteiger partial charge in [0.1, 0.15) is 5.75 Å². The zero-order valence-electron chi connectivity index (χ0n) is 13.9. The number of rotatable bonds is 2. The third-order valence-electron chi connectivity index (χ3n) is 4.86. The number of hydrogen-bond donors (Lipinski definition) is 2. The van der Waals surface area contributed by atoms with Gasteiger partial charge in [-0.05, 0) is 29.3 Å². The van der Waals surface area contributed by atoms with E-state index in [4.69, 9.17) is 4.74 Å². The van der Waals surface area contributed by atoms with Crippen LogP contribution in [0.2, 0.25) is 0 Å². The molecule has 2 amide bonds. The molecule has 0 radical (unpaired) electrons. The number of ether oxygens (including phenoxy) is 1. The zero-order chi connectivity index (χ0) is 17.8. The molecule has 5 heteroatoms. The van der Waals surface area contributed by atoms with Crippen LogP contribution in [0.1, 0.15) is 20.7 Å². The fraction of sp³-hybridized carbons (Fsp3) is 0.0476. The molecule has 0 bridgehead atoms. The molecule has 2 N–H and O–H groups in total. The molecule has 0 saturated heterocycles. The zero-order valence-corrected chi connectivity index (χ0v) is 13.9. The van der Waals surface area contributed by atoms with Crippen molar-refractivity contribution in [1.29, 1.82) is 0 Å². The minimum Gasteiger partial charge on any atom is -0.497 e. The highest BCUT2D eigenvalue weighted by atomic mass is 16.5. The van der Waals surface area contributed by atoms with E-state index in [0.717, 1.165) is 38.7 Å². The summed E-state index contributed by atoms with van der Waals surface area (Å²) >= 11 is 0. The maximum absolute atomic E-state index is 12.6. The maximum Gasteiger partial charge on any atom is 0.259 e. The molecule has 0 fully saturated rings. The molecule has 5 rings (SSSR count). The van der Waals surface area contributed by atoms with Crippen molar-refractivity contribution in [2.75, 3.05) is 7.11 Å². The standard InChI is InChI=1S/C21H14N2O3/c1-26-12-7-8-13-15(9-12)22-16-10-14(11-5-3-2-4-6-11)18-19(17(13)16)21(25)23-20(18)24/h2-10,22H,1H3,(H,23,24,25). The van der Waals surface area contributed by atoms with Crippen LogP contribution in [0.3, 0.4) is 0 Å². The molecule has 1 aliphatic heterocycles. The average Bonchev–Trinajstić information content (AvgIpc) is 3.17. The summed E-state index contributed by atoms with van der Waals surface area (Å²) in [5.74, 6) is 0.0163. The van der Waals surface area contributed by atoms with Crippen LogP contribution in [0.5, 0.6) is 5.75 Å². The third kappa shape index (κ3) is 1.91. The lowest BCUT2D eigenvalue weighted by Gasteiger charge is -2.08. The number of methoxy groups -OCH3 is 1. The molecule has 4 aromatic rings. The Morgan fingerprint density at radius 3 is 2.38 bits per heavy atom. The molecule has 126 valence electrons. The van der Waals surface area contributed by atoms with Gasteiger partial charge >= 0.3 is 0 Å².